The number of hydrogen-bond acceptors (Lipinski definition) is 4. The molecule has 1 aliphatic heterocycles. The van der Waals surface area contributed by atoms with Crippen LogP contribution in [0.5, 0.6) is 0 Å². The zero-order chi connectivity index (χ0) is 16.4. The predicted octanol–water partition coefficient (Wildman–Crippen LogP) is 2.57. The zero-order valence-electron chi connectivity index (χ0n) is 13.2. The molecule has 1 fully saturated rings. The first kappa shape index (κ1) is 16.3. The number of benzene rings is 1. The topological polar surface area (TPSA) is 58.1 Å². The molecular weight excluding hydrogens is 403 g/mol. The fraction of sp³-hybridized carbons (Fsp3) is 0.353. The molecule has 0 bridgehead atoms. The highest BCUT2D eigenvalue weighted by atomic mass is 127. The maximum atomic E-state index is 12.7. The fourth-order valence-corrected chi connectivity index (χ4v) is 3.27. The molecule has 0 radical (unpaired) electrons. The second-order valence-electron chi connectivity index (χ2n) is 5.97. The van der Waals surface area contributed by atoms with E-state index in [0.29, 0.717) is 30.9 Å². The van der Waals surface area contributed by atoms with Crippen molar-refractivity contribution in [3.63, 3.8) is 0 Å². The quantitative estimate of drug-likeness (QED) is 0.757. The van der Waals surface area contributed by atoms with Gasteiger partial charge in [-0.1, -0.05) is 12.1 Å². The SMILES string of the molecule is C[C@@H]1CN(C(=O)c2cc(-c3ccc(I)cc3)ncn2)C[C@H](C)N1. The first-order chi connectivity index (χ1) is 11.0. The van der Waals surface area contributed by atoms with Gasteiger partial charge in [0.1, 0.15) is 12.0 Å². The maximum absolute atomic E-state index is 12.7. The van der Waals surface area contributed by atoms with Crippen molar-refractivity contribution in [3.05, 3.63) is 45.9 Å². The number of carbonyl (C=O) groups is 1. The normalized spacial score (nSPS) is 21.3. The molecule has 120 valence electrons. The third-order valence-corrected chi connectivity index (χ3v) is 4.59. The minimum atomic E-state index is -0.0284. The molecule has 1 saturated heterocycles. The van der Waals surface area contributed by atoms with Gasteiger partial charge in [-0.15, -0.1) is 0 Å². The van der Waals surface area contributed by atoms with E-state index in [1.807, 2.05) is 29.2 Å². The number of carbonyl (C=O) groups excluding carboxylic acids is 1. The van der Waals surface area contributed by atoms with Gasteiger partial charge >= 0.3 is 0 Å². The Morgan fingerprint density at radius 2 is 1.83 bits per heavy atom. The number of hydrogen-bond donors (Lipinski definition) is 1. The number of halogens is 1. The smallest absolute Gasteiger partial charge is 0.272 e. The molecule has 1 N–H and O–H groups in total. The van der Waals surface area contributed by atoms with Gasteiger partial charge in [0.2, 0.25) is 0 Å². The second kappa shape index (κ2) is 6.92. The van der Waals surface area contributed by atoms with E-state index in [9.17, 15) is 4.79 Å². The molecule has 0 aliphatic carbocycles. The Hall–Kier alpha value is -1.54. The Morgan fingerprint density at radius 1 is 1.17 bits per heavy atom. The predicted molar refractivity (Wildman–Crippen MR) is 98.1 cm³/mol. The molecule has 1 aromatic heterocycles. The Bertz CT molecular complexity index is 694. The van der Waals surface area contributed by atoms with Crippen LogP contribution in [0.25, 0.3) is 11.3 Å². The second-order valence-corrected chi connectivity index (χ2v) is 7.22. The van der Waals surface area contributed by atoms with Crippen molar-refractivity contribution < 1.29 is 4.79 Å². The van der Waals surface area contributed by atoms with Crippen LogP contribution in [0, 0.1) is 3.57 Å². The van der Waals surface area contributed by atoms with Crippen molar-refractivity contribution >= 4 is 28.5 Å². The van der Waals surface area contributed by atoms with Gasteiger partial charge in [-0.05, 0) is 54.6 Å². The third kappa shape index (κ3) is 3.87. The summed E-state index contributed by atoms with van der Waals surface area (Å²) in [6, 6.07) is 10.4. The Labute approximate surface area is 149 Å². The van der Waals surface area contributed by atoms with Crippen LogP contribution in [0.15, 0.2) is 36.7 Å². The average Bonchev–Trinajstić information content (AvgIpc) is 2.54. The van der Waals surface area contributed by atoms with E-state index in [4.69, 9.17) is 0 Å². The Balaban J connectivity index is 1.84. The summed E-state index contributed by atoms with van der Waals surface area (Å²) in [6.45, 7) is 5.58. The number of aromatic nitrogens is 2. The lowest BCUT2D eigenvalue weighted by atomic mass is 10.1. The summed E-state index contributed by atoms with van der Waals surface area (Å²) in [7, 11) is 0. The van der Waals surface area contributed by atoms with Crippen molar-refractivity contribution in [3.8, 4) is 11.3 Å². The number of nitrogens with one attached hydrogen (secondary N) is 1. The average molecular weight is 422 g/mol. The van der Waals surface area contributed by atoms with Crippen LogP contribution in [0.2, 0.25) is 0 Å². The van der Waals surface area contributed by atoms with Gasteiger partial charge < -0.3 is 10.2 Å². The number of rotatable bonds is 2. The van der Waals surface area contributed by atoms with Gasteiger partial charge in [0, 0.05) is 34.3 Å². The third-order valence-electron chi connectivity index (χ3n) is 3.87. The summed E-state index contributed by atoms with van der Waals surface area (Å²) in [4.78, 5) is 23.1. The van der Waals surface area contributed by atoms with Crippen LogP contribution in [-0.2, 0) is 0 Å². The summed E-state index contributed by atoms with van der Waals surface area (Å²) in [6.07, 6.45) is 1.47. The number of piperazine rings is 1. The van der Waals surface area contributed by atoms with Crippen LogP contribution in [0.3, 0.4) is 0 Å². The Kier molecular flexibility index (Phi) is 4.91. The summed E-state index contributed by atoms with van der Waals surface area (Å²) < 4.78 is 1.17. The van der Waals surface area contributed by atoms with E-state index in [2.05, 4.69) is 51.7 Å². The standard InChI is InChI=1S/C17H19IN4O/c1-11-8-22(9-12(2)21-11)17(23)16-7-15(19-10-20-16)13-3-5-14(18)6-4-13/h3-7,10-12,21H,8-9H2,1-2H3/t11-,12+. The van der Waals surface area contributed by atoms with Gasteiger partial charge in [-0.3, -0.25) is 4.79 Å². The van der Waals surface area contributed by atoms with Crippen LogP contribution in [-0.4, -0.2) is 45.9 Å². The molecule has 0 unspecified atom stereocenters. The van der Waals surface area contributed by atoms with E-state index < -0.39 is 0 Å². The molecule has 0 spiro atoms. The van der Waals surface area contributed by atoms with E-state index >= 15 is 0 Å². The van der Waals surface area contributed by atoms with E-state index in [0.717, 1.165) is 11.3 Å². The highest BCUT2D eigenvalue weighted by Crippen LogP contribution is 2.19. The van der Waals surface area contributed by atoms with Crippen molar-refractivity contribution in [1.29, 1.82) is 0 Å². The molecule has 1 aliphatic rings. The molecule has 0 saturated carbocycles. The van der Waals surface area contributed by atoms with Crippen molar-refractivity contribution in [1.82, 2.24) is 20.2 Å². The van der Waals surface area contributed by atoms with Gasteiger partial charge in [-0.2, -0.15) is 0 Å². The van der Waals surface area contributed by atoms with E-state index in [1.54, 1.807) is 6.07 Å². The van der Waals surface area contributed by atoms with Crippen LogP contribution in [0.1, 0.15) is 24.3 Å². The van der Waals surface area contributed by atoms with Crippen molar-refractivity contribution in [2.75, 3.05) is 13.1 Å². The largest absolute Gasteiger partial charge is 0.334 e. The van der Waals surface area contributed by atoms with Crippen molar-refractivity contribution in [2.24, 2.45) is 0 Å². The molecule has 2 atom stereocenters. The lowest BCUT2D eigenvalue weighted by Gasteiger charge is -2.35. The molecule has 5 nitrogen and oxygen atoms in total. The van der Waals surface area contributed by atoms with Gasteiger partial charge in [0.05, 0.1) is 5.69 Å². The zero-order valence-corrected chi connectivity index (χ0v) is 15.3. The highest BCUT2D eigenvalue weighted by molar-refractivity contribution is 14.1. The van der Waals surface area contributed by atoms with Crippen LogP contribution in [0.4, 0.5) is 0 Å². The fourth-order valence-electron chi connectivity index (χ4n) is 2.91. The molecule has 1 aromatic carbocycles. The molecular formula is C17H19IN4O. The van der Waals surface area contributed by atoms with Gasteiger partial charge in [-0.25, -0.2) is 9.97 Å². The number of nitrogens with zero attached hydrogens (tertiary/aromatic N) is 3. The minimum absolute atomic E-state index is 0.0284. The monoisotopic (exact) mass is 422 g/mol. The maximum Gasteiger partial charge on any atom is 0.272 e. The summed E-state index contributed by atoms with van der Waals surface area (Å²) in [5.74, 6) is -0.0284. The molecule has 1 amide bonds. The summed E-state index contributed by atoms with van der Waals surface area (Å²) >= 11 is 2.27. The lowest BCUT2D eigenvalue weighted by molar-refractivity contribution is 0.0667. The van der Waals surface area contributed by atoms with Crippen molar-refractivity contribution in [2.45, 2.75) is 25.9 Å². The van der Waals surface area contributed by atoms with Gasteiger partial charge in [0.25, 0.3) is 5.91 Å². The summed E-state index contributed by atoms with van der Waals surface area (Å²) in [5.41, 5.74) is 2.22. The Morgan fingerprint density at radius 3 is 2.48 bits per heavy atom. The molecule has 2 aromatic rings. The van der Waals surface area contributed by atoms with Crippen LogP contribution >= 0.6 is 22.6 Å². The molecule has 23 heavy (non-hydrogen) atoms. The lowest BCUT2D eigenvalue weighted by Crippen LogP contribution is -2.55. The molecule has 2 heterocycles. The summed E-state index contributed by atoms with van der Waals surface area (Å²) in [5, 5.41) is 3.43. The molecule has 3 rings (SSSR count). The molecule has 6 heteroatoms. The first-order valence-electron chi connectivity index (χ1n) is 7.66. The van der Waals surface area contributed by atoms with Gasteiger partial charge in [0.15, 0.2) is 0 Å². The first-order valence-corrected chi connectivity index (χ1v) is 8.74. The van der Waals surface area contributed by atoms with Crippen LogP contribution < -0.4 is 5.32 Å². The highest BCUT2D eigenvalue weighted by Gasteiger charge is 2.26. The van der Waals surface area contributed by atoms with E-state index in [1.165, 1.54) is 9.90 Å². The van der Waals surface area contributed by atoms with E-state index in [-0.39, 0.29) is 5.91 Å². The number of amides is 1. The minimum Gasteiger partial charge on any atom is -0.334 e.